The molecule has 2 aliphatic carbocycles. The van der Waals surface area contributed by atoms with Gasteiger partial charge in [0.2, 0.25) is 11.8 Å². The molecule has 2 aliphatic rings. The summed E-state index contributed by atoms with van der Waals surface area (Å²) in [5, 5.41) is 5.59. The highest BCUT2D eigenvalue weighted by Crippen LogP contribution is 2.59. The van der Waals surface area contributed by atoms with Crippen LogP contribution in [0.4, 0.5) is 8.78 Å². The van der Waals surface area contributed by atoms with E-state index < -0.39 is 48.6 Å². The molecule has 1 saturated carbocycles. The van der Waals surface area contributed by atoms with Gasteiger partial charge in [-0.25, -0.2) is 0 Å². The molecule has 2 aromatic carbocycles. The van der Waals surface area contributed by atoms with Gasteiger partial charge in [-0.15, -0.1) is 0 Å². The van der Waals surface area contributed by atoms with Crippen LogP contribution in [0.3, 0.4) is 0 Å². The number of hydrogen-bond donors (Lipinski definition) is 5. The average Bonchev–Trinajstić information content (AvgIpc) is 3.16. The summed E-state index contributed by atoms with van der Waals surface area (Å²) < 4.78 is 45.5. The third kappa shape index (κ3) is 8.22. The number of carbonyl (C=O) groups excluding carboxylic acids is 3. The number of carbonyl (C=O) groups is 3. The Labute approximate surface area is 255 Å². The topological polar surface area (TPSA) is 168 Å². The number of aryl methyl sites for hydroxylation is 1. The maximum atomic E-state index is 14.1. The predicted molar refractivity (Wildman–Crippen MR) is 159 cm³/mol. The van der Waals surface area contributed by atoms with E-state index in [1.54, 1.807) is 6.07 Å². The van der Waals surface area contributed by atoms with Crippen molar-refractivity contribution in [2.24, 2.45) is 11.7 Å². The number of ether oxygens (including phenoxy) is 1. The molecule has 0 aliphatic heterocycles. The van der Waals surface area contributed by atoms with Crippen LogP contribution in [-0.4, -0.2) is 40.2 Å². The Kier molecular flexibility index (Phi) is 10.8. The number of halogens is 2. The van der Waals surface area contributed by atoms with E-state index in [-0.39, 0.29) is 12.0 Å². The molecule has 44 heavy (non-hydrogen) atoms. The molecular weight excluding hydrogens is 595 g/mol. The van der Waals surface area contributed by atoms with Gasteiger partial charge in [0, 0.05) is 18.9 Å². The van der Waals surface area contributed by atoms with Gasteiger partial charge >= 0.3 is 13.3 Å². The van der Waals surface area contributed by atoms with E-state index in [0.29, 0.717) is 30.3 Å². The summed E-state index contributed by atoms with van der Waals surface area (Å²) in [5.74, 6) is -0.755. The second kappa shape index (κ2) is 14.2. The fourth-order valence-corrected chi connectivity index (χ4v) is 6.48. The molecule has 4 rings (SSSR count). The summed E-state index contributed by atoms with van der Waals surface area (Å²) in [4.78, 5) is 56.0. The monoisotopic (exact) mass is 635 g/mol. The first-order valence-corrected chi connectivity index (χ1v) is 16.6. The van der Waals surface area contributed by atoms with E-state index in [1.165, 1.54) is 38.3 Å². The van der Waals surface area contributed by atoms with Crippen LogP contribution in [0, 0.1) is 5.92 Å². The normalized spacial score (nSPS) is 18.4. The number of hydrogen-bond acceptors (Lipinski definition) is 5. The van der Waals surface area contributed by atoms with E-state index in [4.69, 9.17) is 20.3 Å². The van der Waals surface area contributed by atoms with Crippen molar-refractivity contribution in [1.29, 1.82) is 0 Å². The molecule has 0 aromatic heterocycles. The molecule has 3 amide bonds. The first-order valence-electron chi connectivity index (χ1n) is 15.0. The average molecular weight is 636 g/mol. The second-order valence-electron chi connectivity index (χ2n) is 11.8. The van der Waals surface area contributed by atoms with Crippen LogP contribution in [0.1, 0.15) is 96.9 Å². The molecule has 6 N–H and O–H groups in total. The van der Waals surface area contributed by atoms with E-state index in [2.05, 4.69) is 10.6 Å². The lowest BCUT2D eigenvalue weighted by Gasteiger charge is -2.26. The van der Waals surface area contributed by atoms with Gasteiger partial charge in [0.05, 0.1) is 18.2 Å². The number of amides is 3. The Morgan fingerprint density at radius 3 is 2.32 bits per heavy atom. The highest BCUT2D eigenvalue weighted by atomic mass is 31.2. The third-order valence-electron chi connectivity index (χ3n) is 8.39. The van der Waals surface area contributed by atoms with Crippen LogP contribution in [0.2, 0.25) is 0 Å². The van der Waals surface area contributed by atoms with Gasteiger partial charge in [-0.1, -0.05) is 49.9 Å². The van der Waals surface area contributed by atoms with Crippen LogP contribution in [0.5, 0.6) is 5.75 Å². The van der Waals surface area contributed by atoms with Gasteiger partial charge in [0.1, 0.15) is 11.8 Å². The minimum Gasteiger partial charge on any atom is -0.492 e. The fourth-order valence-electron chi connectivity index (χ4n) is 5.99. The molecule has 1 fully saturated rings. The Balaban J connectivity index is 1.54. The summed E-state index contributed by atoms with van der Waals surface area (Å²) in [6.07, 6.45) is 8.63. The van der Waals surface area contributed by atoms with Crippen molar-refractivity contribution >= 4 is 25.3 Å². The van der Waals surface area contributed by atoms with Gasteiger partial charge in [-0.3, -0.25) is 18.9 Å². The Morgan fingerprint density at radius 1 is 1.05 bits per heavy atom. The largest absolute Gasteiger partial charge is 0.492 e. The number of fused-ring (bicyclic) bond motifs is 1. The standard InChI is InChI=1S/C31H40F2N3O7P/c1-19(37)35-27(15-20-11-13-23(14-12-20)31(32,33)44(40,41)42)30(39)36-26-10-6-5-9-22-16-28(25(29(34)38)17-24(22)26)43-18-21-7-3-2-4-8-21/h11-14,16-17,21,26-27H,2-10,15,18H2,1H3,(H2,34,38)(H,35,37)(H,36,39)(H2,40,41,42)/t26-,27+/m1/s1. The van der Waals surface area contributed by atoms with Crippen molar-refractivity contribution < 1.29 is 42.3 Å². The van der Waals surface area contributed by atoms with E-state index in [9.17, 15) is 27.7 Å². The van der Waals surface area contributed by atoms with Gasteiger partial charge in [0.15, 0.2) is 0 Å². The molecule has 2 atom stereocenters. The van der Waals surface area contributed by atoms with Crippen molar-refractivity contribution in [3.8, 4) is 5.75 Å². The molecule has 2 aromatic rings. The minimum absolute atomic E-state index is 0.0623. The summed E-state index contributed by atoms with van der Waals surface area (Å²) in [6, 6.07) is 6.23. The summed E-state index contributed by atoms with van der Waals surface area (Å²) in [6.45, 7) is 1.76. The zero-order valence-electron chi connectivity index (χ0n) is 24.7. The first kappa shape index (κ1) is 33.6. The minimum atomic E-state index is -5.73. The Bertz CT molecular complexity index is 1410. The van der Waals surface area contributed by atoms with E-state index in [0.717, 1.165) is 55.4 Å². The predicted octanol–water partition coefficient (Wildman–Crippen LogP) is 4.60. The number of nitrogens with two attached hydrogens (primary N) is 1. The van der Waals surface area contributed by atoms with Gasteiger partial charge in [-0.2, -0.15) is 8.78 Å². The fraction of sp³-hybridized carbons (Fsp3) is 0.516. The van der Waals surface area contributed by atoms with Crippen LogP contribution in [-0.2, 0) is 32.7 Å². The second-order valence-corrected chi connectivity index (χ2v) is 13.4. The number of primary amides is 1. The molecule has 10 nitrogen and oxygen atoms in total. The highest BCUT2D eigenvalue weighted by molar-refractivity contribution is 7.52. The van der Waals surface area contributed by atoms with Crippen LogP contribution in [0.25, 0.3) is 0 Å². The first-order chi connectivity index (χ1) is 20.8. The van der Waals surface area contributed by atoms with Crippen LogP contribution < -0.4 is 21.1 Å². The number of nitrogens with one attached hydrogen (secondary N) is 2. The van der Waals surface area contributed by atoms with Gasteiger partial charge < -0.3 is 30.9 Å². The van der Waals surface area contributed by atoms with Crippen LogP contribution in [0.15, 0.2) is 36.4 Å². The van der Waals surface area contributed by atoms with Gasteiger partial charge in [0.25, 0.3) is 5.91 Å². The molecule has 0 spiro atoms. The molecule has 0 bridgehead atoms. The van der Waals surface area contributed by atoms with Crippen molar-refractivity contribution in [3.63, 3.8) is 0 Å². The summed E-state index contributed by atoms with van der Waals surface area (Å²) >= 11 is 0. The number of alkyl halides is 2. The van der Waals surface area contributed by atoms with Crippen molar-refractivity contribution in [2.75, 3.05) is 6.61 Å². The lowest BCUT2D eigenvalue weighted by atomic mass is 9.90. The lowest BCUT2D eigenvalue weighted by molar-refractivity contribution is -0.128. The number of rotatable bonds is 11. The molecule has 0 heterocycles. The third-order valence-corrected chi connectivity index (χ3v) is 9.38. The number of benzene rings is 2. The van der Waals surface area contributed by atoms with Crippen LogP contribution >= 0.6 is 7.60 Å². The summed E-state index contributed by atoms with van der Waals surface area (Å²) in [5.41, 5.74) is 2.84. The smallest absolute Gasteiger partial charge is 0.399 e. The van der Waals surface area contributed by atoms with Crippen molar-refractivity contribution in [2.45, 2.75) is 88.9 Å². The molecule has 0 radical (unpaired) electrons. The molecular formula is C31H40F2N3O7P. The van der Waals surface area contributed by atoms with E-state index in [1.807, 2.05) is 6.07 Å². The highest BCUT2D eigenvalue weighted by Gasteiger charge is 2.50. The van der Waals surface area contributed by atoms with Crippen molar-refractivity contribution in [3.05, 3.63) is 64.2 Å². The molecule has 13 heteroatoms. The zero-order chi connectivity index (χ0) is 32.1. The quantitative estimate of drug-likeness (QED) is 0.178. The Morgan fingerprint density at radius 2 is 1.70 bits per heavy atom. The van der Waals surface area contributed by atoms with Crippen molar-refractivity contribution in [1.82, 2.24) is 10.6 Å². The zero-order valence-corrected chi connectivity index (χ0v) is 25.6. The van der Waals surface area contributed by atoms with E-state index >= 15 is 0 Å². The van der Waals surface area contributed by atoms with Gasteiger partial charge in [-0.05, 0) is 66.8 Å². The Hall–Kier alpha value is -3.34. The maximum absolute atomic E-state index is 14.1. The lowest BCUT2D eigenvalue weighted by Crippen LogP contribution is -2.48. The molecule has 240 valence electrons. The SMILES string of the molecule is CC(=O)N[C@@H](Cc1ccc(C(F)(F)P(=O)(O)O)cc1)C(=O)N[C@@H]1CCCCc2cc(OCC3CCCCC3)c(C(N)=O)cc21. The summed E-state index contributed by atoms with van der Waals surface area (Å²) in [7, 11) is -5.73. The maximum Gasteiger partial charge on any atom is 0.399 e. The molecule has 0 unspecified atom stereocenters. The molecule has 0 saturated heterocycles.